The third kappa shape index (κ3) is 6.31. The third-order valence-corrected chi connectivity index (χ3v) is 7.10. The molecule has 0 saturated carbocycles. The molecule has 0 spiro atoms. The van der Waals surface area contributed by atoms with Crippen LogP contribution < -0.4 is 10.1 Å². The maximum atomic E-state index is 12.5. The zero-order valence-electron chi connectivity index (χ0n) is 20.2. The molecule has 8 heteroatoms. The van der Waals surface area contributed by atoms with Crippen LogP contribution in [0.2, 0.25) is 0 Å². The summed E-state index contributed by atoms with van der Waals surface area (Å²) in [6, 6.07) is 20.3. The van der Waals surface area contributed by atoms with Crippen molar-refractivity contribution in [2.45, 2.75) is 37.4 Å². The Morgan fingerprint density at radius 2 is 1.72 bits per heavy atom. The fraction of sp³-hybridized carbons (Fsp3) is 0.286. The van der Waals surface area contributed by atoms with Crippen molar-refractivity contribution in [3.8, 4) is 5.75 Å². The quantitative estimate of drug-likeness (QED) is 0.391. The number of benzene rings is 2. The van der Waals surface area contributed by atoms with E-state index in [1.807, 2.05) is 48.7 Å². The fourth-order valence-corrected chi connectivity index (χ4v) is 4.78. The number of aryl methyl sites for hydroxylation is 1. The summed E-state index contributed by atoms with van der Waals surface area (Å²) in [6.07, 6.45) is 3.15. The number of hydrogen-bond donors (Lipinski definition) is 1. The lowest BCUT2D eigenvalue weighted by molar-refractivity contribution is -0.121. The van der Waals surface area contributed by atoms with E-state index in [0.29, 0.717) is 17.7 Å². The summed E-state index contributed by atoms with van der Waals surface area (Å²) >= 11 is 1.02. The Hall–Kier alpha value is -3.65. The Morgan fingerprint density at radius 3 is 2.33 bits per heavy atom. The van der Waals surface area contributed by atoms with Gasteiger partial charge in [-0.2, -0.15) is 0 Å². The predicted molar refractivity (Wildman–Crippen MR) is 138 cm³/mol. The normalized spacial score (nSPS) is 17.9. The van der Waals surface area contributed by atoms with Gasteiger partial charge in [-0.25, -0.2) is 4.79 Å². The standard InChI is InChI=1S/C28H28N2O5S/c1-3-19-11-14-24(29-16-19)22(18-35-25(31)21-7-5-4-6-8-21)17-34-23-12-9-20(10-13-23)15-28(2)26(32)30-27(33)36-28/h4-14,16,22H,3,15,17-18H2,1-2H3,(H,30,32,33). The molecule has 36 heavy (non-hydrogen) atoms. The van der Waals surface area contributed by atoms with Gasteiger partial charge < -0.3 is 9.47 Å². The van der Waals surface area contributed by atoms with E-state index >= 15 is 0 Å². The highest BCUT2D eigenvalue weighted by atomic mass is 32.2. The molecule has 3 aromatic rings. The average Bonchev–Trinajstić information content (AvgIpc) is 3.15. The molecule has 0 radical (unpaired) electrons. The van der Waals surface area contributed by atoms with Gasteiger partial charge in [0.15, 0.2) is 0 Å². The zero-order chi connectivity index (χ0) is 25.5. The Kier molecular flexibility index (Phi) is 8.05. The lowest BCUT2D eigenvalue weighted by Gasteiger charge is -2.19. The van der Waals surface area contributed by atoms with Crippen molar-refractivity contribution in [3.05, 3.63) is 95.3 Å². The SMILES string of the molecule is CCc1ccc(C(COC(=O)c2ccccc2)COc2ccc(CC3(C)SC(=O)NC3=O)cc2)nc1. The Labute approximate surface area is 214 Å². The van der Waals surface area contributed by atoms with Gasteiger partial charge in [0, 0.05) is 6.20 Å². The summed E-state index contributed by atoms with van der Waals surface area (Å²) in [4.78, 5) is 40.7. The number of thioether (sulfide) groups is 1. The topological polar surface area (TPSA) is 94.6 Å². The monoisotopic (exact) mass is 504 g/mol. The van der Waals surface area contributed by atoms with E-state index in [1.54, 1.807) is 31.2 Å². The molecule has 1 aliphatic heterocycles. The molecule has 2 unspecified atom stereocenters. The number of carbonyl (C=O) groups excluding carboxylic acids is 3. The maximum Gasteiger partial charge on any atom is 0.338 e. The van der Waals surface area contributed by atoms with E-state index in [-0.39, 0.29) is 30.3 Å². The number of rotatable bonds is 10. The van der Waals surface area contributed by atoms with Crippen molar-refractivity contribution in [3.63, 3.8) is 0 Å². The first-order valence-corrected chi connectivity index (χ1v) is 12.6. The number of nitrogens with one attached hydrogen (secondary N) is 1. The molecule has 2 amide bonds. The lowest BCUT2D eigenvalue weighted by atomic mass is 9.99. The largest absolute Gasteiger partial charge is 0.493 e. The number of pyridine rings is 1. The second-order valence-electron chi connectivity index (χ2n) is 8.81. The van der Waals surface area contributed by atoms with Crippen molar-refractivity contribution in [2.24, 2.45) is 0 Å². The number of amides is 2. The van der Waals surface area contributed by atoms with Crippen LogP contribution in [0.5, 0.6) is 5.75 Å². The third-order valence-electron chi connectivity index (χ3n) is 6.03. The molecule has 1 saturated heterocycles. The minimum absolute atomic E-state index is 0.128. The molecule has 1 fully saturated rings. The van der Waals surface area contributed by atoms with Crippen LogP contribution in [-0.4, -0.2) is 40.1 Å². The van der Waals surface area contributed by atoms with Gasteiger partial charge in [0.2, 0.25) is 5.91 Å². The number of ether oxygens (including phenoxy) is 2. The lowest BCUT2D eigenvalue weighted by Crippen LogP contribution is -2.35. The number of imide groups is 1. The van der Waals surface area contributed by atoms with E-state index in [9.17, 15) is 14.4 Å². The molecule has 1 N–H and O–H groups in total. The van der Waals surface area contributed by atoms with E-state index in [4.69, 9.17) is 9.47 Å². The van der Waals surface area contributed by atoms with Crippen LogP contribution in [0.1, 0.15) is 46.9 Å². The van der Waals surface area contributed by atoms with Crippen molar-refractivity contribution >= 4 is 28.9 Å². The first-order chi connectivity index (χ1) is 17.4. The molecule has 1 aromatic heterocycles. The second kappa shape index (κ2) is 11.4. The Morgan fingerprint density at radius 1 is 1.00 bits per heavy atom. The fourth-order valence-electron chi connectivity index (χ4n) is 3.85. The summed E-state index contributed by atoms with van der Waals surface area (Å²) in [5.41, 5.74) is 3.32. The number of nitrogens with zero attached hydrogens (tertiary/aromatic N) is 1. The minimum atomic E-state index is -0.816. The van der Waals surface area contributed by atoms with E-state index < -0.39 is 10.7 Å². The van der Waals surface area contributed by atoms with Crippen LogP contribution in [0, 0.1) is 0 Å². The zero-order valence-corrected chi connectivity index (χ0v) is 21.0. The first kappa shape index (κ1) is 25.4. The molecule has 7 nitrogen and oxygen atoms in total. The van der Waals surface area contributed by atoms with Gasteiger partial charge >= 0.3 is 5.97 Å². The van der Waals surface area contributed by atoms with Crippen LogP contribution in [0.25, 0.3) is 0 Å². The molecule has 0 bridgehead atoms. The summed E-state index contributed by atoms with van der Waals surface area (Å²) in [6.45, 7) is 4.23. The van der Waals surface area contributed by atoms with E-state index in [1.165, 1.54) is 0 Å². The van der Waals surface area contributed by atoms with Crippen LogP contribution in [-0.2, 0) is 22.4 Å². The van der Waals surface area contributed by atoms with Gasteiger partial charge in [0.1, 0.15) is 17.1 Å². The summed E-state index contributed by atoms with van der Waals surface area (Å²) in [5.74, 6) is -0.275. The number of hydrogen-bond acceptors (Lipinski definition) is 7. The van der Waals surface area contributed by atoms with Crippen LogP contribution in [0.3, 0.4) is 0 Å². The van der Waals surface area contributed by atoms with Crippen LogP contribution >= 0.6 is 11.8 Å². The van der Waals surface area contributed by atoms with Crippen LogP contribution in [0.4, 0.5) is 4.79 Å². The molecular weight excluding hydrogens is 476 g/mol. The first-order valence-electron chi connectivity index (χ1n) is 11.8. The van der Waals surface area contributed by atoms with E-state index in [2.05, 4.69) is 17.2 Å². The van der Waals surface area contributed by atoms with Gasteiger partial charge in [-0.05, 0) is 73.0 Å². The molecular formula is C28H28N2O5S. The molecule has 2 atom stereocenters. The molecule has 2 aromatic carbocycles. The van der Waals surface area contributed by atoms with Gasteiger partial charge in [-0.1, -0.05) is 43.3 Å². The highest BCUT2D eigenvalue weighted by Crippen LogP contribution is 2.35. The molecule has 4 rings (SSSR count). The summed E-state index contributed by atoms with van der Waals surface area (Å²) in [5, 5.41) is 2.03. The van der Waals surface area contributed by atoms with Crippen molar-refractivity contribution in [1.29, 1.82) is 0 Å². The van der Waals surface area contributed by atoms with Gasteiger partial charge in [0.25, 0.3) is 5.24 Å². The number of esters is 1. The predicted octanol–water partition coefficient (Wildman–Crippen LogP) is 4.95. The molecule has 0 aliphatic carbocycles. The minimum Gasteiger partial charge on any atom is -0.493 e. The maximum absolute atomic E-state index is 12.5. The van der Waals surface area contributed by atoms with Crippen LogP contribution in [0.15, 0.2) is 72.9 Å². The Bertz CT molecular complexity index is 1210. The average molecular weight is 505 g/mol. The number of aromatic nitrogens is 1. The Balaban J connectivity index is 1.40. The summed E-state index contributed by atoms with van der Waals surface area (Å²) < 4.78 is 10.8. The highest BCUT2D eigenvalue weighted by Gasteiger charge is 2.43. The highest BCUT2D eigenvalue weighted by molar-refractivity contribution is 8.16. The summed E-state index contributed by atoms with van der Waals surface area (Å²) in [7, 11) is 0. The van der Waals surface area contributed by atoms with Gasteiger partial charge in [-0.3, -0.25) is 19.9 Å². The van der Waals surface area contributed by atoms with Gasteiger partial charge in [-0.15, -0.1) is 0 Å². The smallest absolute Gasteiger partial charge is 0.338 e. The van der Waals surface area contributed by atoms with Crippen molar-refractivity contribution < 1.29 is 23.9 Å². The molecule has 186 valence electrons. The van der Waals surface area contributed by atoms with Crippen molar-refractivity contribution in [2.75, 3.05) is 13.2 Å². The van der Waals surface area contributed by atoms with E-state index in [0.717, 1.165) is 35.0 Å². The van der Waals surface area contributed by atoms with Gasteiger partial charge in [0.05, 0.1) is 23.8 Å². The molecule has 1 aliphatic rings. The van der Waals surface area contributed by atoms with Crippen molar-refractivity contribution in [1.82, 2.24) is 10.3 Å². The molecule has 2 heterocycles. The second-order valence-corrected chi connectivity index (χ2v) is 10.3. The number of carbonyl (C=O) groups is 3.